The highest BCUT2D eigenvalue weighted by Gasteiger charge is 2.11. The minimum absolute atomic E-state index is 0.204. The second-order valence-corrected chi connectivity index (χ2v) is 6.55. The zero-order valence-electron chi connectivity index (χ0n) is 15.9. The van der Waals surface area contributed by atoms with Crippen molar-refractivity contribution in [2.75, 3.05) is 10.6 Å². The first kappa shape index (κ1) is 18.6. The molecule has 0 aliphatic heterocycles. The van der Waals surface area contributed by atoms with Gasteiger partial charge in [0.1, 0.15) is 0 Å². The number of para-hydroxylation sites is 1. The largest absolute Gasteiger partial charge is 0.350 e. The summed E-state index contributed by atoms with van der Waals surface area (Å²) in [5.41, 5.74) is 5.82. The number of amides is 1. The Morgan fingerprint density at radius 3 is 2.48 bits per heavy atom. The van der Waals surface area contributed by atoms with Crippen LogP contribution in [0.15, 0.2) is 54.9 Å². The molecule has 0 bridgehead atoms. The van der Waals surface area contributed by atoms with Crippen molar-refractivity contribution in [1.82, 2.24) is 9.97 Å². The van der Waals surface area contributed by atoms with Crippen LogP contribution >= 0.6 is 0 Å². The van der Waals surface area contributed by atoms with Gasteiger partial charge < -0.3 is 10.6 Å². The SMILES string of the molecule is CCc1cccc(C)c1NC(=O)c1cnc(NCc2cccc(C)c2)nc1. The fraction of sp³-hybridized carbons (Fsp3) is 0.227. The monoisotopic (exact) mass is 360 g/mol. The van der Waals surface area contributed by atoms with E-state index in [2.05, 4.69) is 52.6 Å². The minimum Gasteiger partial charge on any atom is -0.350 e. The molecule has 3 aromatic rings. The van der Waals surface area contributed by atoms with Crippen molar-refractivity contribution in [3.05, 3.63) is 82.7 Å². The van der Waals surface area contributed by atoms with Crippen LogP contribution in [0.3, 0.4) is 0 Å². The molecule has 5 nitrogen and oxygen atoms in total. The molecule has 0 fully saturated rings. The molecule has 0 aliphatic carbocycles. The highest BCUT2D eigenvalue weighted by molar-refractivity contribution is 6.04. The van der Waals surface area contributed by atoms with Crippen molar-refractivity contribution < 1.29 is 4.79 Å². The molecule has 1 amide bonds. The van der Waals surface area contributed by atoms with Crippen LogP contribution in [0.1, 0.15) is 39.5 Å². The summed E-state index contributed by atoms with van der Waals surface area (Å²) < 4.78 is 0. The number of nitrogens with one attached hydrogen (secondary N) is 2. The van der Waals surface area contributed by atoms with Crippen LogP contribution in [0.5, 0.6) is 0 Å². The average molecular weight is 360 g/mol. The van der Waals surface area contributed by atoms with E-state index < -0.39 is 0 Å². The summed E-state index contributed by atoms with van der Waals surface area (Å²) >= 11 is 0. The van der Waals surface area contributed by atoms with Crippen LogP contribution in [0, 0.1) is 13.8 Å². The molecular weight excluding hydrogens is 336 g/mol. The molecule has 2 N–H and O–H groups in total. The second kappa shape index (κ2) is 8.45. The molecule has 2 aromatic carbocycles. The zero-order valence-corrected chi connectivity index (χ0v) is 15.9. The van der Waals surface area contributed by atoms with Crippen LogP contribution in [0.25, 0.3) is 0 Å². The molecule has 0 saturated carbocycles. The first-order valence-corrected chi connectivity index (χ1v) is 9.08. The fourth-order valence-electron chi connectivity index (χ4n) is 2.93. The predicted octanol–water partition coefficient (Wildman–Crippen LogP) is 4.52. The number of carbonyl (C=O) groups is 1. The van der Waals surface area contributed by atoms with E-state index in [0.717, 1.165) is 28.8 Å². The molecule has 0 unspecified atom stereocenters. The zero-order chi connectivity index (χ0) is 19.2. The van der Waals surface area contributed by atoms with Crippen LogP contribution in [-0.2, 0) is 13.0 Å². The Bertz CT molecular complexity index is 935. The Hall–Kier alpha value is -3.21. The van der Waals surface area contributed by atoms with Gasteiger partial charge in [0.15, 0.2) is 0 Å². The number of rotatable bonds is 6. The maximum absolute atomic E-state index is 12.6. The smallest absolute Gasteiger partial charge is 0.258 e. The summed E-state index contributed by atoms with van der Waals surface area (Å²) in [7, 11) is 0. The number of aryl methyl sites for hydroxylation is 3. The van der Waals surface area contributed by atoms with E-state index in [1.54, 1.807) is 12.4 Å². The molecule has 1 aromatic heterocycles. The predicted molar refractivity (Wildman–Crippen MR) is 109 cm³/mol. The molecule has 0 aliphatic rings. The van der Waals surface area contributed by atoms with Gasteiger partial charge in [-0.2, -0.15) is 0 Å². The van der Waals surface area contributed by atoms with E-state index in [-0.39, 0.29) is 5.91 Å². The Kier molecular flexibility index (Phi) is 5.81. The third kappa shape index (κ3) is 4.70. The maximum Gasteiger partial charge on any atom is 0.258 e. The molecular formula is C22H24N4O. The van der Waals surface area contributed by atoms with Crippen molar-refractivity contribution in [2.45, 2.75) is 33.7 Å². The first-order chi connectivity index (χ1) is 13.1. The van der Waals surface area contributed by atoms with E-state index in [9.17, 15) is 4.79 Å². The minimum atomic E-state index is -0.204. The van der Waals surface area contributed by atoms with Crippen molar-refractivity contribution >= 4 is 17.5 Å². The number of hydrogen-bond donors (Lipinski definition) is 2. The fourth-order valence-corrected chi connectivity index (χ4v) is 2.93. The average Bonchev–Trinajstić information content (AvgIpc) is 2.68. The third-order valence-electron chi connectivity index (χ3n) is 4.43. The normalized spacial score (nSPS) is 10.5. The van der Waals surface area contributed by atoms with Gasteiger partial charge in [0.25, 0.3) is 5.91 Å². The molecule has 138 valence electrons. The Labute approximate surface area is 159 Å². The van der Waals surface area contributed by atoms with Gasteiger partial charge in [-0.3, -0.25) is 4.79 Å². The van der Waals surface area contributed by atoms with E-state index in [1.165, 1.54) is 5.56 Å². The lowest BCUT2D eigenvalue weighted by molar-refractivity contribution is 0.102. The van der Waals surface area contributed by atoms with Crippen molar-refractivity contribution in [3.8, 4) is 0 Å². The first-order valence-electron chi connectivity index (χ1n) is 9.08. The molecule has 27 heavy (non-hydrogen) atoms. The van der Waals surface area contributed by atoms with E-state index >= 15 is 0 Å². The molecule has 0 radical (unpaired) electrons. The molecule has 3 rings (SSSR count). The van der Waals surface area contributed by atoms with Crippen molar-refractivity contribution in [1.29, 1.82) is 0 Å². The van der Waals surface area contributed by atoms with Crippen LogP contribution in [0.2, 0.25) is 0 Å². The summed E-state index contributed by atoms with van der Waals surface area (Å²) in [6.45, 7) is 6.76. The summed E-state index contributed by atoms with van der Waals surface area (Å²) in [6.07, 6.45) is 3.95. The quantitative estimate of drug-likeness (QED) is 0.678. The maximum atomic E-state index is 12.6. The number of nitrogens with zero attached hydrogens (tertiary/aromatic N) is 2. The molecule has 0 saturated heterocycles. The van der Waals surface area contributed by atoms with Crippen molar-refractivity contribution in [3.63, 3.8) is 0 Å². The number of carbonyl (C=O) groups excluding carboxylic acids is 1. The number of hydrogen-bond acceptors (Lipinski definition) is 4. The summed E-state index contributed by atoms with van der Waals surface area (Å²) in [5, 5.41) is 6.17. The van der Waals surface area contributed by atoms with Crippen LogP contribution < -0.4 is 10.6 Å². The molecule has 0 spiro atoms. The summed E-state index contributed by atoms with van der Waals surface area (Å²) in [6, 6.07) is 14.3. The Morgan fingerprint density at radius 2 is 1.78 bits per heavy atom. The third-order valence-corrected chi connectivity index (χ3v) is 4.43. The van der Waals surface area contributed by atoms with Gasteiger partial charge in [-0.15, -0.1) is 0 Å². The number of benzene rings is 2. The van der Waals surface area contributed by atoms with Gasteiger partial charge in [0, 0.05) is 24.6 Å². The summed E-state index contributed by atoms with van der Waals surface area (Å²) in [5.74, 6) is 0.294. The van der Waals surface area contributed by atoms with E-state index in [1.807, 2.05) is 31.2 Å². The van der Waals surface area contributed by atoms with Crippen molar-refractivity contribution in [2.24, 2.45) is 0 Å². The molecule has 5 heteroatoms. The van der Waals surface area contributed by atoms with Gasteiger partial charge in [-0.25, -0.2) is 9.97 Å². The topological polar surface area (TPSA) is 66.9 Å². The summed E-state index contributed by atoms with van der Waals surface area (Å²) in [4.78, 5) is 21.1. The van der Waals surface area contributed by atoms with Gasteiger partial charge in [-0.05, 0) is 37.0 Å². The Balaban J connectivity index is 1.65. The van der Waals surface area contributed by atoms with Crippen LogP contribution in [0.4, 0.5) is 11.6 Å². The lowest BCUT2D eigenvalue weighted by atomic mass is 10.1. The van der Waals surface area contributed by atoms with Crippen LogP contribution in [-0.4, -0.2) is 15.9 Å². The number of aromatic nitrogens is 2. The lowest BCUT2D eigenvalue weighted by Crippen LogP contribution is -2.15. The van der Waals surface area contributed by atoms with E-state index in [0.29, 0.717) is 18.1 Å². The number of anilines is 2. The molecule has 1 heterocycles. The van der Waals surface area contributed by atoms with Gasteiger partial charge in [-0.1, -0.05) is 55.0 Å². The Morgan fingerprint density at radius 1 is 1.04 bits per heavy atom. The van der Waals surface area contributed by atoms with Gasteiger partial charge in [0.05, 0.1) is 5.56 Å². The van der Waals surface area contributed by atoms with E-state index in [4.69, 9.17) is 0 Å². The highest BCUT2D eigenvalue weighted by Crippen LogP contribution is 2.21. The lowest BCUT2D eigenvalue weighted by Gasteiger charge is -2.13. The molecule has 0 atom stereocenters. The second-order valence-electron chi connectivity index (χ2n) is 6.55. The van der Waals surface area contributed by atoms with Gasteiger partial charge in [0.2, 0.25) is 5.95 Å². The highest BCUT2D eigenvalue weighted by atomic mass is 16.1. The standard InChI is InChI=1S/C22H24N4O/c1-4-18-10-6-8-16(3)20(18)26-21(27)19-13-24-22(25-14-19)23-12-17-9-5-7-15(2)11-17/h5-11,13-14H,4,12H2,1-3H3,(H,26,27)(H,23,24,25). The van der Waals surface area contributed by atoms with Gasteiger partial charge >= 0.3 is 0 Å².